The molecule has 1 N–H and O–H groups in total. The zero-order chi connectivity index (χ0) is 14.9. The molecule has 0 amide bonds. The third-order valence-electron chi connectivity index (χ3n) is 4.82. The first kappa shape index (κ1) is 15.3. The van der Waals surface area contributed by atoms with E-state index in [0.29, 0.717) is 0 Å². The van der Waals surface area contributed by atoms with Crippen LogP contribution < -0.4 is 10.2 Å². The number of hydrogen-bond donors (Lipinski definition) is 1. The Morgan fingerprint density at radius 1 is 1.24 bits per heavy atom. The van der Waals surface area contributed by atoms with E-state index in [9.17, 15) is 0 Å². The molecule has 3 rings (SSSR count). The zero-order valence-corrected chi connectivity index (χ0v) is 14.5. The van der Waals surface area contributed by atoms with Gasteiger partial charge in [0.2, 0.25) is 0 Å². The van der Waals surface area contributed by atoms with Gasteiger partial charge in [-0.3, -0.25) is 0 Å². The third kappa shape index (κ3) is 3.78. The van der Waals surface area contributed by atoms with E-state index in [-0.39, 0.29) is 5.54 Å². The van der Waals surface area contributed by atoms with E-state index in [0.717, 1.165) is 18.5 Å². The van der Waals surface area contributed by atoms with Crippen LogP contribution in [0.2, 0.25) is 0 Å². The Kier molecular flexibility index (Phi) is 4.55. The second-order valence-electron chi connectivity index (χ2n) is 7.66. The molecule has 1 saturated heterocycles. The molecule has 2 fully saturated rings. The van der Waals surface area contributed by atoms with E-state index in [2.05, 4.69) is 37.2 Å². The van der Waals surface area contributed by atoms with Gasteiger partial charge in [0.05, 0.1) is 0 Å². The van der Waals surface area contributed by atoms with Crippen LogP contribution in [-0.4, -0.2) is 23.1 Å². The number of fused-ring (bicyclic) bond motifs is 1. The summed E-state index contributed by atoms with van der Waals surface area (Å²) in [5.41, 5.74) is 0.170. The lowest BCUT2D eigenvalue weighted by Crippen LogP contribution is -2.46. The Balaban J connectivity index is 1.67. The SMILES string of the molecule is CC(C)(C)NCc1cnc(N2CCCC3CCCCC32)s1. The molecule has 21 heavy (non-hydrogen) atoms. The lowest BCUT2D eigenvalue weighted by Gasteiger charge is -2.44. The van der Waals surface area contributed by atoms with Gasteiger partial charge in [0.1, 0.15) is 0 Å². The summed E-state index contributed by atoms with van der Waals surface area (Å²) in [7, 11) is 0. The number of nitrogens with one attached hydrogen (secondary N) is 1. The first-order chi connectivity index (χ1) is 10.0. The molecule has 2 atom stereocenters. The van der Waals surface area contributed by atoms with Gasteiger partial charge in [0.15, 0.2) is 5.13 Å². The molecule has 4 heteroatoms. The fraction of sp³-hybridized carbons (Fsp3) is 0.824. The summed E-state index contributed by atoms with van der Waals surface area (Å²) in [5.74, 6) is 0.924. The van der Waals surface area contributed by atoms with Crippen molar-refractivity contribution in [1.29, 1.82) is 0 Å². The maximum Gasteiger partial charge on any atom is 0.185 e. The number of hydrogen-bond acceptors (Lipinski definition) is 4. The van der Waals surface area contributed by atoms with Crippen LogP contribution >= 0.6 is 11.3 Å². The predicted molar refractivity (Wildman–Crippen MR) is 91.0 cm³/mol. The molecule has 1 saturated carbocycles. The van der Waals surface area contributed by atoms with Gasteiger partial charge in [-0.2, -0.15) is 0 Å². The van der Waals surface area contributed by atoms with Crippen LogP contribution in [0.25, 0.3) is 0 Å². The molecule has 2 heterocycles. The molecular weight excluding hydrogens is 278 g/mol. The summed E-state index contributed by atoms with van der Waals surface area (Å²) < 4.78 is 0. The van der Waals surface area contributed by atoms with Gasteiger partial charge in [-0.25, -0.2) is 4.98 Å². The topological polar surface area (TPSA) is 28.2 Å². The normalized spacial score (nSPS) is 26.7. The molecule has 2 unspecified atom stereocenters. The Bertz CT molecular complexity index is 461. The van der Waals surface area contributed by atoms with Crippen LogP contribution in [-0.2, 0) is 6.54 Å². The molecule has 2 aliphatic rings. The largest absolute Gasteiger partial charge is 0.345 e. The van der Waals surface area contributed by atoms with Crippen LogP contribution in [0.5, 0.6) is 0 Å². The maximum absolute atomic E-state index is 4.74. The highest BCUT2D eigenvalue weighted by Gasteiger charge is 2.34. The van der Waals surface area contributed by atoms with Crippen molar-refractivity contribution in [3.05, 3.63) is 11.1 Å². The molecule has 0 aromatic carbocycles. The van der Waals surface area contributed by atoms with Crippen LogP contribution in [0.15, 0.2) is 6.20 Å². The van der Waals surface area contributed by atoms with Crippen LogP contribution in [0, 0.1) is 5.92 Å². The van der Waals surface area contributed by atoms with Crippen molar-refractivity contribution < 1.29 is 0 Å². The van der Waals surface area contributed by atoms with Gasteiger partial charge in [-0.1, -0.05) is 12.8 Å². The Morgan fingerprint density at radius 3 is 2.81 bits per heavy atom. The lowest BCUT2D eigenvalue weighted by atomic mass is 9.78. The number of anilines is 1. The molecule has 0 spiro atoms. The summed E-state index contributed by atoms with van der Waals surface area (Å²) >= 11 is 1.89. The van der Waals surface area contributed by atoms with Crippen molar-refractivity contribution in [3.63, 3.8) is 0 Å². The third-order valence-corrected chi connectivity index (χ3v) is 5.86. The van der Waals surface area contributed by atoms with Crippen LogP contribution in [0.1, 0.15) is 64.2 Å². The van der Waals surface area contributed by atoms with Crippen molar-refractivity contribution in [2.45, 2.75) is 77.4 Å². The Labute approximate surface area is 133 Å². The minimum absolute atomic E-state index is 0.170. The molecule has 1 aliphatic heterocycles. The molecule has 1 aromatic rings. The fourth-order valence-corrected chi connectivity index (χ4v) is 4.66. The van der Waals surface area contributed by atoms with Crippen molar-refractivity contribution in [3.8, 4) is 0 Å². The summed E-state index contributed by atoms with van der Waals surface area (Å²) in [4.78, 5) is 8.72. The Hall–Kier alpha value is -0.610. The Morgan fingerprint density at radius 2 is 2.00 bits per heavy atom. The van der Waals surface area contributed by atoms with E-state index in [1.165, 1.54) is 55.1 Å². The second kappa shape index (κ2) is 6.25. The summed E-state index contributed by atoms with van der Waals surface area (Å²) in [5, 5.41) is 4.82. The zero-order valence-electron chi connectivity index (χ0n) is 13.7. The number of piperidine rings is 1. The van der Waals surface area contributed by atoms with E-state index in [1.807, 2.05) is 11.3 Å². The van der Waals surface area contributed by atoms with Crippen molar-refractivity contribution in [2.75, 3.05) is 11.4 Å². The summed E-state index contributed by atoms with van der Waals surface area (Å²) in [6.45, 7) is 8.79. The first-order valence-corrected chi connectivity index (χ1v) is 9.31. The fourth-order valence-electron chi connectivity index (χ4n) is 3.73. The second-order valence-corrected chi connectivity index (χ2v) is 8.75. The highest BCUT2D eigenvalue weighted by molar-refractivity contribution is 7.15. The van der Waals surface area contributed by atoms with E-state index >= 15 is 0 Å². The van der Waals surface area contributed by atoms with Crippen LogP contribution in [0.4, 0.5) is 5.13 Å². The minimum atomic E-state index is 0.170. The van der Waals surface area contributed by atoms with Crippen molar-refractivity contribution >= 4 is 16.5 Å². The highest BCUT2D eigenvalue weighted by Crippen LogP contribution is 2.38. The van der Waals surface area contributed by atoms with E-state index < -0.39 is 0 Å². The van der Waals surface area contributed by atoms with Crippen LogP contribution in [0.3, 0.4) is 0 Å². The standard InChI is InChI=1S/C17H29N3S/c1-17(2,3)19-12-14-11-18-16(21-14)20-10-6-8-13-7-4-5-9-15(13)20/h11,13,15,19H,4-10,12H2,1-3H3. The number of aromatic nitrogens is 1. The predicted octanol–water partition coefficient (Wildman–Crippen LogP) is 4.19. The maximum atomic E-state index is 4.74. The summed E-state index contributed by atoms with van der Waals surface area (Å²) in [6, 6.07) is 0.766. The molecule has 1 aromatic heterocycles. The van der Waals surface area contributed by atoms with Gasteiger partial charge in [0, 0.05) is 35.7 Å². The number of rotatable bonds is 3. The average molecular weight is 308 g/mol. The molecule has 118 valence electrons. The van der Waals surface area contributed by atoms with Gasteiger partial charge in [-0.15, -0.1) is 11.3 Å². The summed E-state index contributed by atoms with van der Waals surface area (Å²) in [6.07, 6.45) is 10.5. The van der Waals surface area contributed by atoms with Crippen molar-refractivity contribution in [2.24, 2.45) is 5.92 Å². The van der Waals surface area contributed by atoms with Gasteiger partial charge in [0.25, 0.3) is 0 Å². The average Bonchev–Trinajstić information content (AvgIpc) is 2.92. The van der Waals surface area contributed by atoms with E-state index in [1.54, 1.807) is 0 Å². The molecule has 1 aliphatic carbocycles. The number of thiazole rings is 1. The minimum Gasteiger partial charge on any atom is -0.345 e. The molecule has 0 bridgehead atoms. The lowest BCUT2D eigenvalue weighted by molar-refractivity contribution is 0.243. The van der Waals surface area contributed by atoms with Crippen molar-refractivity contribution in [1.82, 2.24) is 10.3 Å². The molecule has 3 nitrogen and oxygen atoms in total. The highest BCUT2D eigenvalue weighted by atomic mass is 32.1. The quantitative estimate of drug-likeness (QED) is 0.907. The van der Waals surface area contributed by atoms with Gasteiger partial charge in [-0.05, 0) is 52.4 Å². The van der Waals surface area contributed by atoms with E-state index in [4.69, 9.17) is 4.98 Å². The monoisotopic (exact) mass is 307 g/mol. The molecule has 0 radical (unpaired) electrons. The first-order valence-electron chi connectivity index (χ1n) is 8.49. The van der Waals surface area contributed by atoms with Gasteiger partial charge < -0.3 is 10.2 Å². The van der Waals surface area contributed by atoms with Gasteiger partial charge >= 0.3 is 0 Å². The smallest absolute Gasteiger partial charge is 0.185 e. The number of nitrogens with zero attached hydrogens (tertiary/aromatic N) is 2. The molecular formula is C17H29N3S.